The summed E-state index contributed by atoms with van der Waals surface area (Å²) in [6.07, 6.45) is 0.0598. The summed E-state index contributed by atoms with van der Waals surface area (Å²) >= 11 is 6.53. The van der Waals surface area contributed by atoms with Gasteiger partial charge in [-0.1, -0.05) is 70.6 Å². The number of carbonyl (C=O) groups is 1. The molecule has 38 heavy (non-hydrogen) atoms. The van der Waals surface area contributed by atoms with E-state index in [4.69, 9.17) is 31.0 Å². The summed E-state index contributed by atoms with van der Waals surface area (Å²) in [5, 5.41) is 14.5. The zero-order valence-corrected chi connectivity index (χ0v) is 21.5. The SMILES string of the molecule is C.C.CCc1nc(-c2ccc(OC)cc2Cl)c(CC)nc1N[C@@H]1CN(C(=O)OCc2ccccc2)C[C@@H]1O. The normalized spacial score (nSPS) is 16.3. The minimum atomic E-state index is -0.762. The van der Waals surface area contributed by atoms with Crippen LogP contribution in [0.15, 0.2) is 48.5 Å². The van der Waals surface area contributed by atoms with Gasteiger partial charge in [-0.2, -0.15) is 0 Å². The second kappa shape index (κ2) is 14.0. The van der Waals surface area contributed by atoms with Crippen molar-refractivity contribution in [3.05, 3.63) is 70.5 Å². The van der Waals surface area contributed by atoms with Gasteiger partial charge < -0.3 is 24.8 Å². The maximum absolute atomic E-state index is 12.6. The number of β-amino-alcohol motifs (C(OH)–C–C–N with tert-alkyl or cyclic N) is 1. The number of nitrogens with one attached hydrogen (secondary N) is 1. The molecule has 4 rings (SSSR count). The van der Waals surface area contributed by atoms with E-state index in [1.807, 2.05) is 56.3 Å². The first-order valence-electron chi connectivity index (χ1n) is 12.1. The Kier molecular flexibility index (Phi) is 11.4. The van der Waals surface area contributed by atoms with Gasteiger partial charge in [-0.15, -0.1) is 0 Å². The van der Waals surface area contributed by atoms with Crippen LogP contribution in [-0.2, 0) is 24.2 Å². The van der Waals surface area contributed by atoms with Gasteiger partial charge in [0.25, 0.3) is 0 Å². The average molecular weight is 543 g/mol. The number of aromatic nitrogens is 2. The van der Waals surface area contributed by atoms with Gasteiger partial charge in [-0.25, -0.2) is 14.8 Å². The molecule has 1 fully saturated rings. The van der Waals surface area contributed by atoms with Crippen LogP contribution in [0.3, 0.4) is 0 Å². The minimum Gasteiger partial charge on any atom is -0.497 e. The highest BCUT2D eigenvalue weighted by Crippen LogP contribution is 2.33. The van der Waals surface area contributed by atoms with Crippen molar-refractivity contribution >= 4 is 23.5 Å². The van der Waals surface area contributed by atoms with E-state index in [1.165, 1.54) is 4.90 Å². The van der Waals surface area contributed by atoms with Crippen molar-refractivity contribution < 1.29 is 19.4 Å². The lowest BCUT2D eigenvalue weighted by Crippen LogP contribution is -2.34. The molecule has 1 amide bonds. The number of benzene rings is 2. The molecule has 0 saturated carbocycles. The van der Waals surface area contributed by atoms with Gasteiger partial charge in [0.1, 0.15) is 18.2 Å². The van der Waals surface area contributed by atoms with Gasteiger partial charge in [0, 0.05) is 12.1 Å². The van der Waals surface area contributed by atoms with E-state index in [2.05, 4.69) is 5.32 Å². The van der Waals surface area contributed by atoms with Crippen LogP contribution in [0.5, 0.6) is 5.75 Å². The highest BCUT2D eigenvalue weighted by atomic mass is 35.5. The largest absolute Gasteiger partial charge is 0.497 e. The van der Waals surface area contributed by atoms with Crippen LogP contribution >= 0.6 is 11.6 Å². The highest BCUT2D eigenvalue weighted by molar-refractivity contribution is 6.33. The molecule has 2 aromatic carbocycles. The first kappa shape index (κ1) is 30.9. The van der Waals surface area contributed by atoms with Crippen LogP contribution in [-0.4, -0.2) is 58.4 Å². The lowest BCUT2D eigenvalue weighted by molar-refractivity contribution is 0.0971. The Balaban J connectivity index is 0.00000253. The molecule has 0 bridgehead atoms. The van der Waals surface area contributed by atoms with Crippen LogP contribution in [0.4, 0.5) is 10.6 Å². The third-order valence-corrected chi connectivity index (χ3v) is 6.53. The molecule has 2 heterocycles. The molecule has 0 aliphatic carbocycles. The Labute approximate surface area is 231 Å². The van der Waals surface area contributed by atoms with E-state index >= 15 is 0 Å². The summed E-state index contributed by atoms with van der Waals surface area (Å²) in [6, 6.07) is 14.6. The van der Waals surface area contributed by atoms with Gasteiger partial charge in [-0.3, -0.25) is 0 Å². The predicted octanol–water partition coefficient (Wildman–Crippen LogP) is 6.00. The van der Waals surface area contributed by atoms with Gasteiger partial charge in [0.2, 0.25) is 0 Å². The molecular formula is C29H39ClN4O4. The third kappa shape index (κ3) is 6.94. The van der Waals surface area contributed by atoms with Crippen molar-refractivity contribution in [2.24, 2.45) is 0 Å². The van der Waals surface area contributed by atoms with E-state index in [9.17, 15) is 9.90 Å². The molecule has 206 valence electrons. The van der Waals surface area contributed by atoms with Crippen molar-refractivity contribution in [1.82, 2.24) is 14.9 Å². The third-order valence-electron chi connectivity index (χ3n) is 6.22. The number of aliphatic hydroxyl groups is 1. The fourth-order valence-corrected chi connectivity index (χ4v) is 4.47. The second-order valence-corrected chi connectivity index (χ2v) is 9.04. The van der Waals surface area contributed by atoms with Crippen LogP contribution in [0.1, 0.15) is 45.7 Å². The Morgan fingerprint density at radius 1 is 1.08 bits per heavy atom. The van der Waals surface area contributed by atoms with Gasteiger partial charge in [0.05, 0.1) is 47.9 Å². The van der Waals surface area contributed by atoms with Gasteiger partial charge in [0.15, 0.2) is 0 Å². The number of methoxy groups -OCH3 is 1. The molecule has 0 unspecified atom stereocenters. The average Bonchev–Trinajstić information content (AvgIpc) is 3.27. The number of hydrogen-bond acceptors (Lipinski definition) is 7. The van der Waals surface area contributed by atoms with E-state index in [1.54, 1.807) is 13.2 Å². The number of aryl methyl sites for hydroxylation is 2. The first-order valence-corrected chi connectivity index (χ1v) is 12.4. The lowest BCUT2D eigenvalue weighted by Gasteiger charge is -2.20. The Morgan fingerprint density at radius 2 is 1.79 bits per heavy atom. The highest BCUT2D eigenvalue weighted by Gasteiger charge is 2.35. The molecule has 1 aromatic heterocycles. The summed E-state index contributed by atoms with van der Waals surface area (Å²) < 4.78 is 10.7. The van der Waals surface area contributed by atoms with Crippen LogP contribution in [0.2, 0.25) is 5.02 Å². The van der Waals surface area contributed by atoms with Gasteiger partial charge in [-0.05, 0) is 36.6 Å². The number of rotatable bonds is 8. The number of hydrogen-bond donors (Lipinski definition) is 2. The van der Waals surface area contributed by atoms with Crippen molar-refractivity contribution in [1.29, 1.82) is 0 Å². The maximum atomic E-state index is 12.6. The molecule has 1 aliphatic heterocycles. The van der Waals surface area contributed by atoms with E-state index in [-0.39, 0.29) is 28.0 Å². The summed E-state index contributed by atoms with van der Waals surface area (Å²) in [7, 11) is 1.60. The molecule has 3 aromatic rings. The van der Waals surface area contributed by atoms with Crippen LogP contribution in [0, 0.1) is 0 Å². The zero-order chi connectivity index (χ0) is 25.7. The molecule has 1 saturated heterocycles. The summed E-state index contributed by atoms with van der Waals surface area (Å²) in [4.78, 5) is 23.8. The van der Waals surface area contributed by atoms with Crippen LogP contribution in [0.25, 0.3) is 11.3 Å². The fourth-order valence-electron chi connectivity index (χ4n) is 4.21. The molecule has 0 spiro atoms. The Bertz CT molecular complexity index is 1210. The Morgan fingerprint density at radius 3 is 2.42 bits per heavy atom. The number of carbonyl (C=O) groups excluding carboxylic acids is 1. The number of ether oxygens (including phenoxy) is 2. The van der Waals surface area contributed by atoms with E-state index in [0.29, 0.717) is 36.0 Å². The number of amides is 1. The van der Waals surface area contributed by atoms with E-state index in [0.717, 1.165) is 28.2 Å². The molecule has 2 N–H and O–H groups in total. The number of halogens is 1. The Hall–Kier alpha value is -3.36. The maximum Gasteiger partial charge on any atom is 0.410 e. The monoisotopic (exact) mass is 542 g/mol. The van der Waals surface area contributed by atoms with Gasteiger partial charge >= 0.3 is 6.09 Å². The number of likely N-dealkylation sites (tertiary alicyclic amines) is 1. The fraction of sp³-hybridized carbons (Fsp3) is 0.414. The van der Waals surface area contributed by atoms with Crippen molar-refractivity contribution in [2.45, 2.75) is 60.3 Å². The summed E-state index contributed by atoms with van der Waals surface area (Å²) in [5.41, 5.74) is 3.97. The minimum absolute atomic E-state index is 0. The second-order valence-electron chi connectivity index (χ2n) is 8.63. The van der Waals surface area contributed by atoms with Crippen LogP contribution < -0.4 is 10.1 Å². The quantitative estimate of drug-likeness (QED) is 0.360. The lowest BCUT2D eigenvalue weighted by atomic mass is 10.1. The van der Waals surface area contributed by atoms with Crippen molar-refractivity contribution in [3.63, 3.8) is 0 Å². The zero-order valence-electron chi connectivity index (χ0n) is 20.7. The number of nitrogens with zero attached hydrogens (tertiary/aromatic N) is 3. The van der Waals surface area contributed by atoms with Crippen molar-refractivity contribution in [2.75, 3.05) is 25.5 Å². The number of aliphatic hydroxyl groups excluding tert-OH is 1. The smallest absolute Gasteiger partial charge is 0.410 e. The molecule has 1 aliphatic rings. The number of anilines is 1. The summed E-state index contributed by atoms with van der Waals surface area (Å²) in [5.74, 6) is 1.28. The molecule has 2 atom stereocenters. The first-order chi connectivity index (χ1) is 17.4. The standard InChI is InChI=1S/C27H31ClN4O4.2CH4/c1-4-21-25(19-12-11-18(35-3)13-20(19)28)29-22(5-2)26(30-21)31-23-14-32(15-24(23)33)27(34)36-16-17-9-7-6-8-10-17;;/h6-13,23-24,33H,4-5,14-16H2,1-3H3,(H,30,31);2*1H4/t23-,24+;;/m1../s1. The van der Waals surface area contributed by atoms with Crippen molar-refractivity contribution in [3.8, 4) is 17.0 Å². The topological polar surface area (TPSA) is 96.8 Å². The molecular weight excluding hydrogens is 504 g/mol. The molecule has 0 radical (unpaired) electrons. The predicted molar refractivity (Wildman–Crippen MR) is 153 cm³/mol. The molecule has 9 heteroatoms. The molecule has 8 nitrogen and oxygen atoms in total. The van der Waals surface area contributed by atoms with E-state index < -0.39 is 18.2 Å². The summed E-state index contributed by atoms with van der Waals surface area (Å²) in [6.45, 7) is 4.67.